The first-order valence-electron chi connectivity index (χ1n) is 6.09. The van der Waals surface area contributed by atoms with Gasteiger partial charge in [-0.25, -0.2) is 4.98 Å². The van der Waals surface area contributed by atoms with Gasteiger partial charge < -0.3 is 10.6 Å². The van der Waals surface area contributed by atoms with Gasteiger partial charge in [0.1, 0.15) is 5.82 Å². The highest BCUT2D eigenvalue weighted by molar-refractivity contribution is 5.94. The number of carbonyl (C=O) groups is 2. The normalized spacial score (nSPS) is 16.6. The van der Waals surface area contributed by atoms with Gasteiger partial charge in [0, 0.05) is 30.8 Å². The second-order valence-electron chi connectivity index (χ2n) is 4.62. The molecular formula is C13H17N3O2. The number of Topliss-reactive ketones (excluding diaryl/α,β-unsaturated/α-hetero) is 1. The summed E-state index contributed by atoms with van der Waals surface area (Å²) in [5.74, 6) is 0.577. The summed E-state index contributed by atoms with van der Waals surface area (Å²) in [6.07, 6.45) is 3.15. The Bertz CT molecular complexity index is 465. The topological polar surface area (TPSA) is 76.3 Å². The molecule has 5 nitrogen and oxygen atoms in total. The average Bonchev–Trinajstić information content (AvgIpc) is 2.39. The summed E-state index contributed by atoms with van der Waals surface area (Å²) in [6, 6.07) is 3.51. The summed E-state index contributed by atoms with van der Waals surface area (Å²) in [6.45, 7) is 3.04. The number of nitrogens with zero attached hydrogens (tertiary/aromatic N) is 2. The highest BCUT2D eigenvalue weighted by Crippen LogP contribution is 2.22. The Morgan fingerprint density at radius 3 is 2.61 bits per heavy atom. The molecule has 1 aromatic rings. The van der Waals surface area contributed by atoms with E-state index in [9.17, 15) is 9.59 Å². The molecule has 0 unspecified atom stereocenters. The zero-order chi connectivity index (χ0) is 13.1. The highest BCUT2D eigenvalue weighted by Gasteiger charge is 2.23. The van der Waals surface area contributed by atoms with Crippen LogP contribution in [0.15, 0.2) is 18.3 Å². The lowest BCUT2D eigenvalue weighted by Gasteiger charge is -2.31. The van der Waals surface area contributed by atoms with Crippen LogP contribution in [-0.2, 0) is 4.79 Å². The molecule has 1 fully saturated rings. The number of aromatic nitrogens is 1. The van der Waals surface area contributed by atoms with Gasteiger partial charge in [-0.15, -0.1) is 0 Å². The maximum Gasteiger partial charge on any atom is 0.220 e. The predicted molar refractivity (Wildman–Crippen MR) is 68.4 cm³/mol. The highest BCUT2D eigenvalue weighted by atomic mass is 16.1. The van der Waals surface area contributed by atoms with Gasteiger partial charge >= 0.3 is 0 Å². The van der Waals surface area contributed by atoms with Crippen LogP contribution in [-0.4, -0.2) is 29.8 Å². The summed E-state index contributed by atoms with van der Waals surface area (Å²) in [5.41, 5.74) is 5.96. The summed E-state index contributed by atoms with van der Waals surface area (Å²) in [4.78, 5) is 28.8. The second-order valence-corrected chi connectivity index (χ2v) is 4.62. The van der Waals surface area contributed by atoms with Crippen LogP contribution < -0.4 is 10.6 Å². The molecule has 2 rings (SSSR count). The van der Waals surface area contributed by atoms with Gasteiger partial charge in [-0.2, -0.15) is 0 Å². The van der Waals surface area contributed by atoms with Gasteiger partial charge in [-0.1, -0.05) is 0 Å². The Hall–Kier alpha value is -1.91. The minimum Gasteiger partial charge on any atom is -0.369 e. The van der Waals surface area contributed by atoms with Crippen molar-refractivity contribution in [2.45, 2.75) is 19.8 Å². The van der Waals surface area contributed by atoms with Crippen molar-refractivity contribution >= 4 is 17.5 Å². The van der Waals surface area contributed by atoms with Crippen molar-refractivity contribution in [3.05, 3.63) is 23.9 Å². The predicted octanol–water partition coefficient (Wildman–Crippen LogP) is 0.986. The molecule has 1 aliphatic heterocycles. The lowest BCUT2D eigenvalue weighted by molar-refractivity contribution is -0.122. The lowest BCUT2D eigenvalue weighted by atomic mass is 9.96. The van der Waals surface area contributed by atoms with Gasteiger partial charge in [-0.3, -0.25) is 9.59 Å². The van der Waals surface area contributed by atoms with Crippen molar-refractivity contribution in [3.63, 3.8) is 0 Å². The van der Waals surface area contributed by atoms with Crippen LogP contribution >= 0.6 is 0 Å². The summed E-state index contributed by atoms with van der Waals surface area (Å²) in [5, 5.41) is 0. The Labute approximate surface area is 106 Å². The number of hydrogen-bond donors (Lipinski definition) is 1. The van der Waals surface area contributed by atoms with Gasteiger partial charge in [-0.05, 0) is 31.9 Å². The van der Waals surface area contributed by atoms with Gasteiger partial charge in [0.15, 0.2) is 5.78 Å². The number of hydrogen-bond acceptors (Lipinski definition) is 4. The van der Waals surface area contributed by atoms with E-state index in [1.54, 1.807) is 25.3 Å². The van der Waals surface area contributed by atoms with Crippen LogP contribution in [0.3, 0.4) is 0 Å². The van der Waals surface area contributed by atoms with Gasteiger partial charge in [0.25, 0.3) is 0 Å². The second kappa shape index (κ2) is 5.16. The molecule has 1 saturated heterocycles. The van der Waals surface area contributed by atoms with E-state index in [4.69, 9.17) is 5.73 Å². The molecule has 1 amide bonds. The number of nitrogens with two attached hydrogens (primary N) is 1. The van der Waals surface area contributed by atoms with Crippen LogP contribution in [0.5, 0.6) is 0 Å². The standard InChI is InChI=1S/C13H17N3O2/c1-9(17)11-2-5-15-12(8-11)16-6-3-10(4-7-16)13(14)18/h2,5,8,10H,3-4,6-7H2,1H3,(H2,14,18). The SMILES string of the molecule is CC(=O)c1ccnc(N2CCC(C(N)=O)CC2)c1. The number of carbonyl (C=O) groups excluding carboxylic acids is 2. The Morgan fingerprint density at radius 2 is 2.06 bits per heavy atom. The summed E-state index contributed by atoms with van der Waals surface area (Å²) in [7, 11) is 0. The Kier molecular flexibility index (Phi) is 3.60. The van der Waals surface area contributed by atoms with E-state index in [2.05, 4.69) is 9.88 Å². The smallest absolute Gasteiger partial charge is 0.220 e. The molecule has 5 heteroatoms. The molecule has 0 aliphatic carbocycles. The van der Waals surface area contributed by atoms with E-state index in [0.29, 0.717) is 5.56 Å². The Morgan fingerprint density at radius 1 is 1.39 bits per heavy atom. The summed E-state index contributed by atoms with van der Waals surface area (Å²) < 4.78 is 0. The zero-order valence-corrected chi connectivity index (χ0v) is 10.4. The largest absolute Gasteiger partial charge is 0.369 e. The van der Waals surface area contributed by atoms with E-state index in [1.165, 1.54) is 0 Å². The van der Waals surface area contributed by atoms with Crippen LogP contribution in [0.4, 0.5) is 5.82 Å². The third-order valence-corrected chi connectivity index (χ3v) is 3.37. The van der Waals surface area contributed by atoms with Crippen molar-refractivity contribution in [2.75, 3.05) is 18.0 Å². The number of pyridine rings is 1. The van der Waals surface area contributed by atoms with Crippen molar-refractivity contribution in [1.82, 2.24) is 4.98 Å². The van der Waals surface area contributed by atoms with E-state index < -0.39 is 0 Å². The molecule has 0 spiro atoms. The van der Waals surface area contributed by atoms with Gasteiger partial charge in [0.05, 0.1) is 0 Å². The van der Waals surface area contributed by atoms with Crippen LogP contribution in [0.2, 0.25) is 0 Å². The minimum absolute atomic E-state index is 0.0303. The molecule has 1 aliphatic rings. The lowest BCUT2D eigenvalue weighted by Crippen LogP contribution is -2.38. The quantitative estimate of drug-likeness (QED) is 0.808. The fourth-order valence-corrected chi connectivity index (χ4v) is 2.20. The molecule has 96 valence electrons. The third kappa shape index (κ3) is 2.67. The first kappa shape index (κ1) is 12.5. The minimum atomic E-state index is -0.222. The molecule has 0 bridgehead atoms. The molecule has 1 aromatic heterocycles. The van der Waals surface area contributed by atoms with E-state index in [0.717, 1.165) is 31.7 Å². The van der Waals surface area contributed by atoms with E-state index in [-0.39, 0.29) is 17.6 Å². The molecule has 0 aromatic carbocycles. The number of primary amides is 1. The van der Waals surface area contributed by atoms with Crippen LogP contribution in [0.1, 0.15) is 30.1 Å². The molecule has 0 atom stereocenters. The zero-order valence-electron chi connectivity index (χ0n) is 10.4. The fraction of sp³-hybridized carbons (Fsp3) is 0.462. The maximum atomic E-state index is 11.3. The van der Waals surface area contributed by atoms with Crippen molar-refractivity contribution < 1.29 is 9.59 Å². The number of amides is 1. The van der Waals surface area contributed by atoms with Crippen LogP contribution in [0.25, 0.3) is 0 Å². The van der Waals surface area contributed by atoms with Crippen molar-refractivity contribution in [2.24, 2.45) is 11.7 Å². The molecule has 0 radical (unpaired) electrons. The first-order valence-corrected chi connectivity index (χ1v) is 6.09. The monoisotopic (exact) mass is 247 g/mol. The molecule has 2 heterocycles. The Balaban J connectivity index is 2.07. The first-order chi connectivity index (χ1) is 8.58. The molecule has 18 heavy (non-hydrogen) atoms. The maximum absolute atomic E-state index is 11.3. The summed E-state index contributed by atoms with van der Waals surface area (Å²) >= 11 is 0. The third-order valence-electron chi connectivity index (χ3n) is 3.37. The van der Waals surface area contributed by atoms with E-state index in [1.807, 2.05) is 0 Å². The fourth-order valence-electron chi connectivity index (χ4n) is 2.20. The number of rotatable bonds is 3. The average molecular weight is 247 g/mol. The van der Waals surface area contributed by atoms with E-state index >= 15 is 0 Å². The van der Waals surface area contributed by atoms with Crippen LogP contribution in [0, 0.1) is 5.92 Å². The van der Waals surface area contributed by atoms with Crippen molar-refractivity contribution in [1.29, 1.82) is 0 Å². The molecular weight excluding hydrogens is 230 g/mol. The molecule has 2 N–H and O–H groups in total. The number of piperidine rings is 1. The number of ketones is 1. The molecule has 0 saturated carbocycles. The van der Waals surface area contributed by atoms with Gasteiger partial charge in [0.2, 0.25) is 5.91 Å². The van der Waals surface area contributed by atoms with Crippen molar-refractivity contribution in [3.8, 4) is 0 Å². The number of anilines is 1.